The summed E-state index contributed by atoms with van der Waals surface area (Å²) in [5.41, 5.74) is 2.31. The van der Waals surface area contributed by atoms with Crippen molar-refractivity contribution in [2.24, 2.45) is 5.92 Å². The van der Waals surface area contributed by atoms with Crippen LogP contribution in [0.4, 0.5) is 10.1 Å². The Morgan fingerprint density at radius 3 is 2.69 bits per heavy atom. The summed E-state index contributed by atoms with van der Waals surface area (Å²) >= 11 is 0. The lowest BCUT2D eigenvalue weighted by Crippen LogP contribution is -2.37. The maximum atomic E-state index is 13.2. The fourth-order valence-electron chi connectivity index (χ4n) is 3.57. The largest absolute Gasteiger partial charge is 0.338 e. The second-order valence-electron chi connectivity index (χ2n) is 7.38. The molecule has 6 nitrogen and oxygen atoms in total. The zero-order chi connectivity index (χ0) is 20.2. The first-order chi connectivity index (χ1) is 14.1. The molecule has 0 spiro atoms. The van der Waals surface area contributed by atoms with Crippen molar-refractivity contribution < 1.29 is 13.7 Å². The molecular weight excluding hydrogens is 371 g/mol. The Morgan fingerprint density at radius 2 is 1.97 bits per heavy atom. The van der Waals surface area contributed by atoms with Crippen LogP contribution in [0.25, 0.3) is 11.4 Å². The van der Waals surface area contributed by atoms with Crippen LogP contribution in [0.1, 0.15) is 24.3 Å². The lowest BCUT2D eigenvalue weighted by atomic mass is 9.95. The molecule has 1 fully saturated rings. The van der Waals surface area contributed by atoms with E-state index in [9.17, 15) is 9.18 Å². The van der Waals surface area contributed by atoms with E-state index in [1.807, 2.05) is 30.3 Å². The Bertz CT molecular complexity index is 981. The van der Waals surface area contributed by atoms with Gasteiger partial charge in [0.25, 0.3) is 0 Å². The van der Waals surface area contributed by atoms with E-state index in [-0.39, 0.29) is 17.6 Å². The van der Waals surface area contributed by atoms with Crippen molar-refractivity contribution >= 4 is 11.6 Å². The van der Waals surface area contributed by atoms with Gasteiger partial charge in [-0.1, -0.05) is 35.5 Å². The molecule has 2 aromatic carbocycles. The summed E-state index contributed by atoms with van der Waals surface area (Å²) in [5.74, 6) is 0.797. The summed E-state index contributed by atoms with van der Waals surface area (Å²) in [6, 6.07) is 14.1. The number of carbonyl (C=O) groups is 1. The molecule has 3 aromatic rings. The van der Waals surface area contributed by atoms with Gasteiger partial charge in [-0.15, -0.1) is 0 Å². The highest BCUT2D eigenvalue weighted by Crippen LogP contribution is 2.23. The number of rotatable bonds is 5. The first kappa shape index (κ1) is 19.3. The molecule has 7 heteroatoms. The maximum Gasteiger partial charge on any atom is 0.241 e. The standard InChI is InChI=1S/C22H23FN4O2/c1-15-13-18(23)7-8-19(15)24-22(28)17-9-11-27(12-10-17)14-20-25-21(26-29-20)16-5-3-2-4-6-16/h2-8,13,17H,9-12,14H2,1H3,(H,24,28). The normalized spacial score (nSPS) is 15.4. The number of anilines is 1. The van der Waals surface area contributed by atoms with Crippen LogP contribution in [-0.2, 0) is 11.3 Å². The van der Waals surface area contributed by atoms with E-state index < -0.39 is 0 Å². The van der Waals surface area contributed by atoms with E-state index in [0.717, 1.165) is 37.1 Å². The van der Waals surface area contributed by atoms with Crippen molar-refractivity contribution in [1.82, 2.24) is 15.0 Å². The third kappa shape index (κ3) is 4.68. The number of nitrogens with one attached hydrogen (secondary N) is 1. The maximum absolute atomic E-state index is 13.2. The quantitative estimate of drug-likeness (QED) is 0.707. The third-order valence-electron chi connectivity index (χ3n) is 5.26. The number of piperidine rings is 1. The highest BCUT2D eigenvalue weighted by Gasteiger charge is 2.26. The zero-order valence-corrected chi connectivity index (χ0v) is 16.3. The Balaban J connectivity index is 1.29. The number of halogens is 1. The van der Waals surface area contributed by atoms with Crippen LogP contribution in [0.5, 0.6) is 0 Å². The molecule has 29 heavy (non-hydrogen) atoms. The Hall–Kier alpha value is -3.06. The summed E-state index contributed by atoms with van der Waals surface area (Å²) in [4.78, 5) is 19.3. The van der Waals surface area contributed by atoms with E-state index >= 15 is 0 Å². The summed E-state index contributed by atoms with van der Waals surface area (Å²) < 4.78 is 18.6. The molecule has 1 aliphatic rings. The highest BCUT2D eigenvalue weighted by molar-refractivity contribution is 5.93. The van der Waals surface area contributed by atoms with Gasteiger partial charge in [0.05, 0.1) is 6.54 Å². The zero-order valence-electron chi connectivity index (χ0n) is 16.3. The second kappa shape index (κ2) is 8.53. The van der Waals surface area contributed by atoms with E-state index in [1.165, 1.54) is 12.1 Å². The van der Waals surface area contributed by atoms with Crippen LogP contribution in [0.3, 0.4) is 0 Å². The van der Waals surface area contributed by atoms with Gasteiger partial charge in [0.2, 0.25) is 17.6 Å². The molecule has 1 amide bonds. The number of hydrogen-bond acceptors (Lipinski definition) is 5. The first-order valence-corrected chi connectivity index (χ1v) is 9.76. The monoisotopic (exact) mass is 394 g/mol. The Labute approximate surface area is 168 Å². The molecule has 1 aromatic heterocycles. The molecule has 150 valence electrons. The number of likely N-dealkylation sites (tertiary alicyclic amines) is 1. The van der Waals surface area contributed by atoms with Crippen LogP contribution in [0, 0.1) is 18.7 Å². The van der Waals surface area contributed by atoms with Crippen molar-refractivity contribution in [3.63, 3.8) is 0 Å². The molecule has 0 saturated carbocycles. The Kier molecular flexibility index (Phi) is 5.67. The molecule has 0 atom stereocenters. The van der Waals surface area contributed by atoms with Gasteiger partial charge in [-0.3, -0.25) is 9.69 Å². The summed E-state index contributed by atoms with van der Waals surface area (Å²) in [6.45, 7) is 3.92. The third-order valence-corrected chi connectivity index (χ3v) is 5.26. The smallest absolute Gasteiger partial charge is 0.241 e. The average molecular weight is 394 g/mol. The lowest BCUT2D eigenvalue weighted by Gasteiger charge is -2.30. The van der Waals surface area contributed by atoms with Gasteiger partial charge in [-0.05, 0) is 56.6 Å². The molecule has 0 aliphatic carbocycles. The minimum absolute atomic E-state index is 0.0106. The van der Waals surface area contributed by atoms with Gasteiger partial charge >= 0.3 is 0 Å². The predicted octanol–water partition coefficient (Wildman–Crippen LogP) is 4.03. The molecule has 2 heterocycles. The van der Waals surface area contributed by atoms with E-state index in [1.54, 1.807) is 13.0 Å². The molecule has 1 aliphatic heterocycles. The molecular formula is C22H23FN4O2. The van der Waals surface area contributed by atoms with Crippen LogP contribution in [0.2, 0.25) is 0 Å². The average Bonchev–Trinajstić information content (AvgIpc) is 3.20. The van der Waals surface area contributed by atoms with Gasteiger partial charge in [0.1, 0.15) is 5.82 Å². The van der Waals surface area contributed by atoms with Crippen LogP contribution >= 0.6 is 0 Å². The number of carbonyl (C=O) groups excluding carboxylic acids is 1. The molecule has 4 rings (SSSR count). The lowest BCUT2D eigenvalue weighted by molar-refractivity contribution is -0.121. The number of aryl methyl sites for hydroxylation is 1. The van der Waals surface area contributed by atoms with Crippen molar-refractivity contribution in [2.75, 3.05) is 18.4 Å². The minimum atomic E-state index is -0.301. The number of nitrogens with zero attached hydrogens (tertiary/aromatic N) is 3. The molecule has 0 radical (unpaired) electrons. The summed E-state index contributed by atoms with van der Waals surface area (Å²) in [7, 11) is 0. The summed E-state index contributed by atoms with van der Waals surface area (Å²) in [6.07, 6.45) is 1.51. The van der Waals surface area contributed by atoms with Gasteiger partial charge in [0, 0.05) is 17.2 Å². The van der Waals surface area contributed by atoms with Gasteiger partial charge in [-0.25, -0.2) is 4.39 Å². The molecule has 0 bridgehead atoms. The molecule has 1 N–H and O–H groups in total. The van der Waals surface area contributed by atoms with E-state index in [4.69, 9.17) is 4.52 Å². The predicted molar refractivity (Wildman–Crippen MR) is 108 cm³/mol. The molecule has 1 saturated heterocycles. The number of benzene rings is 2. The van der Waals surface area contributed by atoms with Gasteiger partial charge in [0.15, 0.2) is 0 Å². The van der Waals surface area contributed by atoms with Crippen molar-refractivity contribution in [3.05, 3.63) is 65.8 Å². The number of hydrogen-bond donors (Lipinski definition) is 1. The van der Waals surface area contributed by atoms with Crippen LogP contribution in [-0.4, -0.2) is 34.0 Å². The summed E-state index contributed by atoms with van der Waals surface area (Å²) in [5, 5.41) is 6.98. The SMILES string of the molecule is Cc1cc(F)ccc1NC(=O)C1CCN(Cc2nc(-c3ccccc3)no2)CC1. The van der Waals surface area contributed by atoms with Crippen molar-refractivity contribution in [3.8, 4) is 11.4 Å². The molecule has 0 unspecified atom stereocenters. The van der Waals surface area contributed by atoms with Crippen LogP contribution in [0.15, 0.2) is 53.1 Å². The first-order valence-electron chi connectivity index (χ1n) is 9.76. The number of aromatic nitrogens is 2. The fraction of sp³-hybridized carbons (Fsp3) is 0.318. The Morgan fingerprint density at radius 1 is 1.21 bits per heavy atom. The topological polar surface area (TPSA) is 71.3 Å². The van der Waals surface area contributed by atoms with E-state index in [0.29, 0.717) is 23.9 Å². The van der Waals surface area contributed by atoms with Crippen molar-refractivity contribution in [1.29, 1.82) is 0 Å². The van der Waals surface area contributed by atoms with Crippen molar-refractivity contribution in [2.45, 2.75) is 26.3 Å². The van der Waals surface area contributed by atoms with Gasteiger partial charge in [-0.2, -0.15) is 4.98 Å². The fourth-order valence-corrected chi connectivity index (χ4v) is 3.57. The van der Waals surface area contributed by atoms with E-state index in [2.05, 4.69) is 20.4 Å². The number of amides is 1. The van der Waals surface area contributed by atoms with Gasteiger partial charge < -0.3 is 9.84 Å². The highest BCUT2D eigenvalue weighted by atomic mass is 19.1. The van der Waals surface area contributed by atoms with Crippen LogP contribution < -0.4 is 5.32 Å². The second-order valence-corrected chi connectivity index (χ2v) is 7.38. The minimum Gasteiger partial charge on any atom is -0.338 e.